The van der Waals surface area contributed by atoms with Crippen LogP contribution in [0.4, 0.5) is 0 Å². The molecule has 2 nitrogen and oxygen atoms in total. The predicted octanol–water partition coefficient (Wildman–Crippen LogP) is 3.39. The first-order chi connectivity index (χ1) is 7.75. The predicted molar refractivity (Wildman–Crippen MR) is 72.6 cm³/mol. The molecule has 0 saturated heterocycles. The van der Waals surface area contributed by atoms with E-state index in [4.69, 9.17) is 5.73 Å². The van der Waals surface area contributed by atoms with Gasteiger partial charge < -0.3 is 5.73 Å². The number of unbranched alkanes of at least 4 members (excludes halogenated alkanes) is 2. The van der Waals surface area contributed by atoms with Crippen molar-refractivity contribution in [1.82, 2.24) is 4.98 Å². The van der Waals surface area contributed by atoms with Gasteiger partial charge >= 0.3 is 0 Å². The van der Waals surface area contributed by atoms with Crippen molar-refractivity contribution in [3.8, 4) is 0 Å². The smallest absolute Gasteiger partial charge is 0.0618 e. The van der Waals surface area contributed by atoms with Crippen molar-refractivity contribution >= 4 is 11.8 Å². The molecule has 16 heavy (non-hydrogen) atoms. The van der Waals surface area contributed by atoms with Crippen LogP contribution < -0.4 is 5.73 Å². The maximum absolute atomic E-state index is 6.02. The van der Waals surface area contributed by atoms with E-state index in [1.807, 2.05) is 30.1 Å². The topological polar surface area (TPSA) is 38.9 Å². The number of nitrogens with zero attached hydrogens (tertiary/aromatic N) is 1. The lowest BCUT2D eigenvalue weighted by Crippen LogP contribution is -2.23. The third kappa shape index (κ3) is 4.54. The van der Waals surface area contributed by atoms with Crippen LogP contribution in [0, 0.1) is 0 Å². The molecule has 0 bridgehead atoms. The SMILES string of the molecule is CCCCCSC(c1ccccn1)C(C)N. The molecule has 0 aliphatic heterocycles. The Balaban J connectivity index is 2.49. The average Bonchev–Trinajstić information content (AvgIpc) is 2.30. The Labute approximate surface area is 103 Å². The van der Waals surface area contributed by atoms with E-state index in [9.17, 15) is 0 Å². The van der Waals surface area contributed by atoms with E-state index in [1.54, 1.807) is 0 Å². The van der Waals surface area contributed by atoms with Crippen molar-refractivity contribution in [1.29, 1.82) is 0 Å². The van der Waals surface area contributed by atoms with Gasteiger partial charge in [-0.2, -0.15) is 11.8 Å². The van der Waals surface area contributed by atoms with E-state index in [0.717, 1.165) is 5.69 Å². The molecule has 0 amide bonds. The van der Waals surface area contributed by atoms with Crippen LogP contribution in [0.2, 0.25) is 0 Å². The maximum atomic E-state index is 6.02. The Kier molecular flexibility index (Phi) is 6.50. The highest BCUT2D eigenvalue weighted by molar-refractivity contribution is 7.99. The zero-order chi connectivity index (χ0) is 11.8. The van der Waals surface area contributed by atoms with E-state index >= 15 is 0 Å². The fourth-order valence-electron chi connectivity index (χ4n) is 1.61. The largest absolute Gasteiger partial charge is 0.327 e. The highest BCUT2D eigenvalue weighted by atomic mass is 32.2. The van der Waals surface area contributed by atoms with Crippen molar-refractivity contribution < 1.29 is 0 Å². The third-order valence-corrected chi connectivity index (χ3v) is 4.06. The average molecular weight is 238 g/mol. The van der Waals surface area contributed by atoms with Crippen LogP contribution >= 0.6 is 11.8 Å². The third-order valence-electron chi connectivity index (χ3n) is 2.50. The van der Waals surface area contributed by atoms with Gasteiger partial charge in [0, 0.05) is 12.2 Å². The van der Waals surface area contributed by atoms with Crippen LogP contribution in [0.15, 0.2) is 24.4 Å². The normalized spacial score (nSPS) is 14.7. The van der Waals surface area contributed by atoms with Crippen LogP contribution in [0.25, 0.3) is 0 Å². The van der Waals surface area contributed by atoms with E-state index in [2.05, 4.69) is 24.9 Å². The standard InChI is InChI=1S/C13H22N2S/c1-3-4-7-10-16-13(11(2)14)12-8-5-6-9-15-12/h5-6,8-9,11,13H,3-4,7,10,14H2,1-2H3. The van der Waals surface area contributed by atoms with Gasteiger partial charge in [0.05, 0.1) is 10.9 Å². The summed E-state index contributed by atoms with van der Waals surface area (Å²) in [5.74, 6) is 1.18. The molecular weight excluding hydrogens is 216 g/mol. The van der Waals surface area contributed by atoms with Gasteiger partial charge in [-0.15, -0.1) is 0 Å². The summed E-state index contributed by atoms with van der Waals surface area (Å²) in [6.07, 6.45) is 5.70. The van der Waals surface area contributed by atoms with Gasteiger partial charge in [0.15, 0.2) is 0 Å². The minimum Gasteiger partial charge on any atom is -0.327 e. The minimum absolute atomic E-state index is 0.154. The molecule has 3 heteroatoms. The molecule has 1 aromatic rings. The molecule has 0 fully saturated rings. The molecule has 1 heterocycles. The highest BCUT2D eigenvalue weighted by Gasteiger charge is 2.17. The molecule has 2 unspecified atom stereocenters. The Bertz CT molecular complexity index is 275. The molecule has 0 aliphatic carbocycles. The Morgan fingerprint density at radius 1 is 1.38 bits per heavy atom. The summed E-state index contributed by atoms with van der Waals surface area (Å²) in [6.45, 7) is 4.29. The fourth-order valence-corrected chi connectivity index (χ4v) is 2.85. The monoisotopic (exact) mass is 238 g/mol. The molecule has 0 aromatic carbocycles. The number of hydrogen-bond acceptors (Lipinski definition) is 3. The van der Waals surface area contributed by atoms with Crippen LogP contribution in [-0.4, -0.2) is 16.8 Å². The quantitative estimate of drug-likeness (QED) is 0.740. The first kappa shape index (κ1) is 13.5. The lowest BCUT2D eigenvalue weighted by molar-refractivity contribution is 0.702. The molecule has 0 radical (unpaired) electrons. The Morgan fingerprint density at radius 3 is 2.75 bits per heavy atom. The summed E-state index contributed by atoms with van der Waals surface area (Å²) in [6, 6.07) is 6.20. The number of nitrogens with two attached hydrogens (primary N) is 1. The zero-order valence-corrected chi connectivity index (χ0v) is 11.0. The van der Waals surface area contributed by atoms with Crippen molar-refractivity contribution in [3.05, 3.63) is 30.1 Å². The highest BCUT2D eigenvalue weighted by Crippen LogP contribution is 2.30. The lowest BCUT2D eigenvalue weighted by atomic mass is 10.2. The van der Waals surface area contributed by atoms with Gasteiger partial charge in [-0.3, -0.25) is 4.98 Å². The first-order valence-corrected chi connectivity index (χ1v) is 7.08. The van der Waals surface area contributed by atoms with Gasteiger partial charge in [-0.05, 0) is 31.2 Å². The van der Waals surface area contributed by atoms with Crippen molar-refractivity contribution in [2.45, 2.75) is 44.4 Å². The second-order valence-electron chi connectivity index (χ2n) is 4.11. The van der Waals surface area contributed by atoms with Crippen LogP contribution in [0.1, 0.15) is 44.1 Å². The van der Waals surface area contributed by atoms with E-state index in [1.165, 1.54) is 25.0 Å². The van der Waals surface area contributed by atoms with Gasteiger partial charge in [-0.1, -0.05) is 25.8 Å². The molecule has 1 rings (SSSR count). The molecule has 0 spiro atoms. The van der Waals surface area contributed by atoms with Crippen molar-refractivity contribution in [2.75, 3.05) is 5.75 Å². The fraction of sp³-hybridized carbons (Fsp3) is 0.615. The van der Waals surface area contributed by atoms with Crippen molar-refractivity contribution in [2.24, 2.45) is 5.73 Å². The van der Waals surface area contributed by atoms with Gasteiger partial charge in [-0.25, -0.2) is 0 Å². The summed E-state index contributed by atoms with van der Waals surface area (Å²) in [7, 11) is 0. The van der Waals surface area contributed by atoms with Gasteiger partial charge in [0.25, 0.3) is 0 Å². The second-order valence-corrected chi connectivity index (χ2v) is 5.36. The molecule has 0 saturated carbocycles. The van der Waals surface area contributed by atoms with E-state index < -0.39 is 0 Å². The first-order valence-electron chi connectivity index (χ1n) is 6.03. The number of hydrogen-bond donors (Lipinski definition) is 1. The summed E-state index contributed by atoms with van der Waals surface area (Å²) < 4.78 is 0. The van der Waals surface area contributed by atoms with Crippen molar-refractivity contribution in [3.63, 3.8) is 0 Å². The molecule has 90 valence electrons. The second kappa shape index (κ2) is 7.69. The lowest BCUT2D eigenvalue weighted by Gasteiger charge is -2.19. The van der Waals surface area contributed by atoms with Crippen LogP contribution in [-0.2, 0) is 0 Å². The summed E-state index contributed by atoms with van der Waals surface area (Å²) in [4.78, 5) is 4.40. The zero-order valence-electron chi connectivity index (χ0n) is 10.2. The summed E-state index contributed by atoms with van der Waals surface area (Å²) >= 11 is 1.94. The number of rotatable bonds is 7. The van der Waals surface area contributed by atoms with E-state index in [-0.39, 0.29) is 6.04 Å². The van der Waals surface area contributed by atoms with Gasteiger partial charge in [0.1, 0.15) is 0 Å². The summed E-state index contributed by atoms with van der Waals surface area (Å²) in [5, 5.41) is 0.332. The molecule has 2 atom stereocenters. The van der Waals surface area contributed by atoms with E-state index in [0.29, 0.717) is 5.25 Å². The summed E-state index contributed by atoms with van der Waals surface area (Å²) in [5.41, 5.74) is 7.13. The molecular formula is C13H22N2S. The van der Waals surface area contributed by atoms with Crippen LogP contribution in [0.3, 0.4) is 0 Å². The molecule has 0 aliphatic rings. The number of thioether (sulfide) groups is 1. The maximum Gasteiger partial charge on any atom is 0.0618 e. The minimum atomic E-state index is 0.154. The number of aromatic nitrogens is 1. The Hall–Kier alpha value is -0.540. The Morgan fingerprint density at radius 2 is 2.19 bits per heavy atom. The van der Waals surface area contributed by atoms with Crippen LogP contribution in [0.5, 0.6) is 0 Å². The van der Waals surface area contributed by atoms with Gasteiger partial charge in [0.2, 0.25) is 0 Å². The molecule has 2 N–H and O–H groups in total. The number of pyridine rings is 1. The molecule has 1 aromatic heterocycles.